The second kappa shape index (κ2) is 12.4. The van der Waals surface area contributed by atoms with E-state index in [-0.39, 0.29) is 21.8 Å². The third kappa shape index (κ3) is 6.98. The molecule has 0 aliphatic carbocycles. The smallest absolute Gasteiger partial charge is 0.349 e. The lowest BCUT2D eigenvalue weighted by Crippen LogP contribution is -2.48. The summed E-state index contributed by atoms with van der Waals surface area (Å²) >= 11 is 6.09. The Bertz CT molecular complexity index is 1310. The molecule has 0 fully saturated rings. The van der Waals surface area contributed by atoms with Crippen LogP contribution in [0.2, 0.25) is 5.02 Å². The second-order valence-corrected chi connectivity index (χ2v) is 7.83. The van der Waals surface area contributed by atoms with Crippen LogP contribution in [0.5, 0.6) is 11.5 Å². The van der Waals surface area contributed by atoms with E-state index in [4.69, 9.17) is 30.5 Å². The average Bonchev–Trinajstić information content (AvgIpc) is 2.91. The van der Waals surface area contributed by atoms with Crippen molar-refractivity contribution in [2.75, 3.05) is 19.5 Å². The molecule has 3 aromatic rings. The summed E-state index contributed by atoms with van der Waals surface area (Å²) in [7, 11) is 2.78. The van der Waals surface area contributed by atoms with Gasteiger partial charge in [0.05, 0.1) is 36.1 Å². The molecule has 3 rings (SSSR count). The number of carbonyl (C=O) groups is 4. The molecule has 37 heavy (non-hydrogen) atoms. The van der Waals surface area contributed by atoms with Crippen LogP contribution in [0, 0.1) is 0 Å². The van der Waals surface area contributed by atoms with Gasteiger partial charge in [0.1, 0.15) is 11.5 Å². The monoisotopic (exact) mass is 527 g/mol. The van der Waals surface area contributed by atoms with Gasteiger partial charge in [0, 0.05) is 0 Å². The van der Waals surface area contributed by atoms with E-state index in [9.17, 15) is 24.3 Å². The predicted molar refractivity (Wildman–Crippen MR) is 132 cm³/mol. The second-order valence-electron chi connectivity index (χ2n) is 7.42. The quantitative estimate of drug-likeness (QED) is 0.377. The number of aliphatic carboxylic acids is 1. The molecular weight excluding hydrogens is 506 g/mol. The molecule has 0 unspecified atom stereocenters. The first-order valence-corrected chi connectivity index (χ1v) is 11.1. The Morgan fingerprint density at radius 3 is 1.76 bits per heavy atom. The highest BCUT2D eigenvalue weighted by Gasteiger charge is 2.41. The minimum atomic E-state index is -2.21. The van der Waals surface area contributed by atoms with E-state index in [2.05, 4.69) is 5.32 Å². The molecule has 0 aliphatic rings. The first-order chi connectivity index (χ1) is 17.7. The zero-order valence-corrected chi connectivity index (χ0v) is 20.4. The minimum absolute atomic E-state index is 0.0295. The number of anilines is 1. The highest BCUT2D eigenvalue weighted by Crippen LogP contribution is 2.23. The molecule has 0 radical (unpaired) electrons. The van der Waals surface area contributed by atoms with Crippen molar-refractivity contribution in [3.8, 4) is 11.5 Å². The van der Waals surface area contributed by atoms with Gasteiger partial charge in [-0.05, 0) is 48.5 Å². The van der Waals surface area contributed by atoms with E-state index in [1.807, 2.05) is 0 Å². The Kier molecular flexibility index (Phi) is 9.06. The normalized spacial score (nSPS) is 12.0. The molecule has 3 aromatic carbocycles. The summed E-state index contributed by atoms with van der Waals surface area (Å²) in [5, 5.41) is 12.4. The van der Waals surface area contributed by atoms with Crippen molar-refractivity contribution in [3.05, 3.63) is 88.9 Å². The van der Waals surface area contributed by atoms with Gasteiger partial charge in [0.15, 0.2) is 0 Å². The molecule has 0 heterocycles. The van der Waals surface area contributed by atoms with Gasteiger partial charge < -0.3 is 29.4 Å². The standard InChI is InChI=1S/C26H22ClNO9/c1-34-17-9-5-7-15(13-17)25(32)36-21(23(29)28-20-12-4-3-11-19(20)27)22(24(30)31)37-26(33)16-8-6-10-18(14-16)35-2/h3-14,21-22H,1-2H3,(H,28,29)(H,30,31)/t21-,22+/m1/s1. The lowest BCUT2D eigenvalue weighted by molar-refractivity contribution is -0.157. The minimum Gasteiger partial charge on any atom is -0.497 e. The molecule has 2 N–H and O–H groups in total. The number of carbonyl (C=O) groups excluding carboxylic acids is 3. The Balaban J connectivity index is 1.94. The summed E-state index contributed by atoms with van der Waals surface area (Å²) in [6.07, 6.45) is -4.31. The first kappa shape index (κ1) is 27.0. The molecule has 10 nitrogen and oxygen atoms in total. The number of carboxylic acid groups (broad SMARTS) is 1. The number of nitrogens with one attached hydrogen (secondary N) is 1. The van der Waals surface area contributed by atoms with Crippen molar-refractivity contribution in [2.45, 2.75) is 12.2 Å². The fourth-order valence-electron chi connectivity index (χ4n) is 3.13. The highest BCUT2D eigenvalue weighted by atomic mass is 35.5. The van der Waals surface area contributed by atoms with E-state index in [0.29, 0.717) is 11.5 Å². The Labute approximate surface area is 216 Å². The van der Waals surface area contributed by atoms with Crippen LogP contribution in [-0.2, 0) is 19.1 Å². The summed E-state index contributed by atoms with van der Waals surface area (Å²) in [5.74, 6) is -4.31. The van der Waals surface area contributed by atoms with Gasteiger partial charge in [-0.15, -0.1) is 0 Å². The topological polar surface area (TPSA) is 137 Å². The summed E-state index contributed by atoms with van der Waals surface area (Å²) in [6.45, 7) is 0. The fraction of sp³-hybridized carbons (Fsp3) is 0.154. The maximum absolute atomic E-state index is 13.2. The van der Waals surface area contributed by atoms with E-state index < -0.39 is 36.0 Å². The molecule has 11 heteroatoms. The van der Waals surface area contributed by atoms with Crippen LogP contribution >= 0.6 is 11.6 Å². The van der Waals surface area contributed by atoms with E-state index >= 15 is 0 Å². The van der Waals surface area contributed by atoms with Crippen molar-refractivity contribution in [3.63, 3.8) is 0 Å². The molecule has 0 bridgehead atoms. The van der Waals surface area contributed by atoms with E-state index in [1.54, 1.807) is 24.3 Å². The van der Waals surface area contributed by atoms with Crippen LogP contribution in [0.1, 0.15) is 20.7 Å². The number of hydrogen-bond acceptors (Lipinski definition) is 8. The van der Waals surface area contributed by atoms with Gasteiger partial charge >= 0.3 is 17.9 Å². The molecule has 2 atom stereocenters. The van der Waals surface area contributed by atoms with Crippen molar-refractivity contribution in [2.24, 2.45) is 0 Å². The number of halogens is 1. The summed E-state index contributed by atoms with van der Waals surface area (Å²) in [5.41, 5.74) is 0.0491. The molecule has 0 spiro atoms. The van der Waals surface area contributed by atoms with Crippen LogP contribution in [0.15, 0.2) is 72.8 Å². The SMILES string of the molecule is COc1cccc(C(=O)O[C@H](C(=O)O)[C@@H](OC(=O)c2cccc(OC)c2)C(=O)Nc2ccccc2Cl)c1. The highest BCUT2D eigenvalue weighted by molar-refractivity contribution is 6.33. The Morgan fingerprint density at radius 2 is 1.27 bits per heavy atom. The molecule has 1 amide bonds. The molecule has 0 aromatic heterocycles. The van der Waals surface area contributed by atoms with Crippen LogP contribution in [-0.4, -0.2) is 55.3 Å². The third-order valence-corrected chi connectivity index (χ3v) is 5.32. The van der Waals surface area contributed by atoms with Crippen LogP contribution in [0.25, 0.3) is 0 Å². The number of amides is 1. The van der Waals surface area contributed by atoms with Gasteiger partial charge in [-0.3, -0.25) is 4.79 Å². The van der Waals surface area contributed by atoms with Gasteiger partial charge in [0.25, 0.3) is 5.91 Å². The summed E-state index contributed by atoms with van der Waals surface area (Å²) in [4.78, 5) is 51.0. The third-order valence-electron chi connectivity index (χ3n) is 4.99. The van der Waals surface area contributed by atoms with E-state index in [0.717, 1.165) is 0 Å². The molecular formula is C26H22ClNO9. The number of rotatable bonds is 10. The number of benzene rings is 3. The summed E-state index contributed by atoms with van der Waals surface area (Å²) < 4.78 is 20.6. The fourth-order valence-corrected chi connectivity index (χ4v) is 3.31. The van der Waals surface area contributed by atoms with Gasteiger partial charge in [-0.1, -0.05) is 35.9 Å². The molecule has 192 valence electrons. The number of esters is 2. The Hall–Kier alpha value is -4.57. The lowest BCUT2D eigenvalue weighted by Gasteiger charge is -2.24. The predicted octanol–water partition coefficient (Wildman–Crippen LogP) is 3.83. The van der Waals surface area contributed by atoms with Crippen LogP contribution in [0.3, 0.4) is 0 Å². The van der Waals surface area contributed by atoms with E-state index in [1.165, 1.54) is 62.8 Å². The van der Waals surface area contributed by atoms with Crippen LogP contribution < -0.4 is 14.8 Å². The number of hydrogen-bond donors (Lipinski definition) is 2. The van der Waals surface area contributed by atoms with Crippen molar-refractivity contribution < 1.29 is 43.2 Å². The Morgan fingerprint density at radius 1 is 0.757 bits per heavy atom. The average molecular weight is 528 g/mol. The summed E-state index contributed by atoms with van der Waals surface area (Å²) in [6, 6.07) is 17.7. The van der Waals surface area contributed by atoms with Gasteiger partial charge in [0.2, 0.25) is 12.2 Å². The first-order valence-electron chi connectivity index (χ1n) is 10.7. The number of methoxy groups -OCH3 is 2. The number of ether oxygens (including phenoxy) is 4. The maximum atomic E-state index is 13.2. The maximum Gasteiger partial charge on any atom is 0.349 e. The number of carboxylic acids is 1. The van der Waals surface area contributed by atoms with Crippen molar-refractivity contribution >= 4 is 41.1 Å². The van der Waals surface area contributed by atoms with Gasteiger partial charge in [-0.2, -0.15) is 0 Å². The molecule has 0 aliphatic heterocycles. The molecule has 0 saturated carbocycles. The largest absolute Gasteiger partial charge is 0.497 e. The van der Waals surface area contributed by atoms with Crippen molar-refractivity contribution in [1.29, 1.82) is 0 Å². The van der Waals surface area contributed by atoms with Crippen LogP contribution in [0.4, 0.5) is 5.69 Å². The lowest BCUT2D eigenvalue weighted by atomic mass is 10.1. The number of para-hydroxylation sites is 1. The van der Waals surface area contributed by atoms with Crippen molar-refractivity contribution in [1.82, 2.24) is 0 Å². The van der Waals surface area contributed by atoms with Gasteiger partial charge in [-0.25, -0.2) is 14.4 Å². The zero-order chi connectivity index (χ0) is 26.9. The zero-order valence-electron chi connectivity index (χ0n) is 19.7. The molecule has 0 saturated heterocycles.